The second-order valence-electron chi connectivity index (χ2n) is 6.51. The van der Waals surface area contributed by atoms with Gasteiger partial charge < -0.3 is 14.4 Å². The average Bonchev–Trinajstić information content (AvgIpc) is 2.84. The van der Waals surface area contributed by atoms with Gasteiger partial charge in [0.15, 0.2) is 0 Å². The lowest BCUT2D eigenvalue weighted by molar-refractivity contribution is -0.145. The third kappa shape index (κ3) is 4.48. The fourth-order valence-electron chi connectivity index (χ4n) is 2.44. The lowest BCUT2D eigenvalue weighted by atomic mass is 10.1. The Labute approximate surface area is 131 Å². The van der Waals surface area contributed by atoms with Gasteiger partial charge in [0.2, 0.25) is 0 Å². The number of ether oxygens (including phenoxy) is 2. The highest BCUT2D eigenvalue weighted by atomic mass is 16.6. The summed E-state index contributed by atoms with van der Waals surface area (Å²) in [6, 6.07) is 7.33. The van der Waals surface area contributed by atoms with Gasteiger partial charge in [0.25, 0.3) is 0 Å². The SMILES string of the molecule is CC(=O)O[C@H]1CCN(c2ccc(C(=O)OC(C)(C)C)cc2)C1. The van der Waals surface area contributed by atoms with Crippen LogP contribution in [0.4, 0.5) is 5.69 Å². The number of hydrogen-bond donors (Lipinski definition) is 0. The highest BCUT2D eigenvalue weighted by Crippen LogP contribution is 2.23. The Hall–Kier alpha value is -2.04. The molecule has 2 rings (SSSR count). The van der Waals surface area contributed by atoms with E-state index in [2.05, 4.69) is 4.90 Å². The first-order valence-electron chi connectivity index (χ1n) is 7.50. The number of anilines is 1. The molecular weight excluding hydrogens is 282 g/mol. The van der Waals surface area contributed by atoms with Crippen molar-refractivity contribution in [2.75, 3.05) is 18.0 Å². The molecule has 0 unspecified atom stereocenters. The van der Waals surface area contributed by atoms with Crippen LogP contribution < -0.4 is 4.90 Å². The van der Waals surface area contributed by atoms with Crippen LogP contribution in [0.5, 0.6) is 0 Å². The van der Waals surface area contributed by atoms with E-state index in [4.69, 9.17) is 9.47 Å². The molecular formula is C17H23NO4. The highest BCUT2D eigenvalue weighted by Gasteiger charge is 2.25. The number of esters is 2. The van der Waals surface area contributed by atoms with Crippen LogP contribution >= 0.6 is 0 Å². The van der Waals surface area contributed by atoms with Crippen molar-refractivity contribution in [2.24, 2.45) is 0 Å². The van der Waals surface area contributed by atoms with Crippen LogP contribution in [0.3, 0.4) is 0 Å². The Kier molecular flexibility index (Phi) is 4.74. The number of nitrogens with zero attached hydrogens (tertiary/aromatic N) is 1. The van der Waals surface area contributed by atoms with Gasteiger partial charge >= 0.3 is 11.9 Å². The number of hydrogen-bond acceptors (Lipinski definition) is 5. The van der Waals surface area contributed by atoms with Crippen molar-refractivity contribution < 1.29 is 19.1 Å². The Bertz CT molecular complexity index is 545. The molecule has 0 aliphatic carbocycles. The molecule has 1 atom stereocenters. The highest BCUT2D eigenvalue weighted by molar-refractivity contribution is 5.90. The summed E-state index contributed by atoms with van der Waals surface area (Å²) in [6.45, 7) is 8.49. The minimum Gasteiger partial charge on any atom is -0.461 e. The van der Waals surface area contributed by atoms with E-state index in [1.54, 1.807) is 12.1 Å². The summed E-state index contributed by atoms with van der Waals surface area (Å²) in [5.74, 6) is -0.564. The molecule has 1 saturated heterocycles. The van der Waals surface area contributed by atoms with Crippen molar-refractivity contribution in [2.45, 2.75) is 45.8 Å². The molecule has 1 aliphatic heterocycles. The molecule has 0 amide bonds. The Balaban J connectivity index is 1.98. The summed E-state index contributed by atoms with van der Waals surface area (Å²) >= 11 is 0. The van der Waals surface area contributed by atoms with E-state index in [-0.39, 0.29) is 18.0 Å². The van der Waals surface area contributed by atoms with Crippen LogP contribution in [0.2, 0.25) is 0 Å². The largest absolute Gasteiger partial charge is 0.461 e. The van der Waals surface area contributed by atoms with Crippen LogP contribution in [0.25, 0.3) is 0 Å². The van der Waals surface area contributed by atoms with Crippen molar-refractivity contribution in [3.8, 4) is 0 Å². The molecule has 1 aromatic rings. The first kappa shape index (κ1) is 16.3. The molecule has 0 N–H and O–H groups in total. The summed E-state index contributed by atoms with van der Waals surface area (Å²) in [4.78, 5) is 25.1. The Morgan fingerprint density at radius 1 is 1.18 bits per heavy atom. The van der Waals surface area contributed by atoms with Gasteiger partial charge in [-0.2, -0.15) is 0 Å². The van der Waals surface area contributed by atoms with Crippen LogP contribution in [-0.2, 0) is 14.3 Å². The second-order valence-corrected chi connectivity index (χ2v) is 6.51. The number of carbonyl (C=O) groups is 2. The zero-order valence-electron chi connectivity index (χ0n) is 13.6. The summed E-state index contributed by atoms with van der Waals surface area (Å²) in [7, 11) is 0. The van der Waals surface area contributed by atoms with E-state index in [0.29, 0.717) is 12.1 Å². The number of benzene rings is 1. The maximum Gasteiger partial charge on any atom is 0.338 e. The molecule has 0 spiro atoms. The zero-order valence-corrected chi connectivity index (χ0v) is 13.6. The maximum absolute atomic E-state index is 12.0. The van der Waals surface area contributed by atoms with E-state index in [9.17, 15) is 9.59 Å². The minimum atomic E-state index is -0.498. The predicted molar refractivity (Wildman–Crippen MR) is 84.0 cm³/mol. The molecule has 1 heterocycles. The van der Waals surface area contributed by atoms with E-state index in [1.807, 2.05) is 32.9 Å². The third-order valence-corrected chi connectivity index (χ3v) is 3.34. The first-order chi connectivity index (χ1) is 10.2. The van der Waals surface area contributed by atoms with Crippen molar-refractivity contribution >= 4 is 17.6 Å². The van der Waals surface area contributed by atoms with Gasteiger partial charge in [-0.3, -0.25) is 4.79 Å². The fraction of sp³-hybridized carbons (Fsp3) is 0.529. The molecule has 22 heavy (non-hydrogen) atoms. The standard InChI is InChI=1S/C17H23NO4/c1-12(19)21-15-9-10-18(11-15)14-7-5-13(6-8-14)16(20)22-17(2,3)4/h5-8,15H,9-11H2,1-4H3/t15-/m0/s1. The maximum atomic E-state index is 12.0. The summed E-state index contributed by atoms with van der Waals surface area (Å²) in [5.41, 5.74) is 1.05. The Morgan fingerprint density at radius 3 is 2.36 bits per heavy atom. The summed E-state index contributed by atoms with van der Waals surface area (Å²) in [5, 5.41) is 0. The van der Waals surface area contributed by atoms with Crippen molar-refractivity contribution in [3.05, 3.63) is 29.8 Å². The topological polar surface area (TPSA) is 55.8 Å². The van der Waals surface area contributed by atoms with E-state index in [1.165, 1.54) is 6.92 Å². The Morgan fingerprint density at radius 2 is 1.82 bits per heavy atom. The molecule has 1 aliphatic rings. The van der Waals surface area contributed by atoms with E-state index in [0.717, 1.165) is 18.7 Å². The fourth-order valence-corrected chi connectivity index (χ4v) is 2.44. The van der Waals surface area contributed by atoms with Gasteiger partial charge in [0, 0.05) is 25.6 Å². The molecule has 1 aromatic carbocycles. The molecule has 1 fully saturated rings. The average molecular weight is 305 g/mol. The molecule has 120 valence electrons. The monoisotopic (exact) mass is 305 g/mol. The van der Waals surface area contributed by atoms with Gasteiger partial charge in [0.05, 0.1) is 12.1 Å². The molecule has 5 nitrogen and oxygen atoms in total. The summed E-state index contributed by atoms with van der Waals surface area (Å²) < 4.78 is 10.6. The summed E-state index contributed by atoms with van der Waals surface area (Å²) in [6.07, 6.45) is 0.774. The van der Waals surface area contributed by atoms with Gasteiger partial charge in [-0.15, -0.1) is 0 Å². The number of carbonyl (C=O) groups excluding carboxylic acids is 2. The quantitative estimate of drug-likeness (QED) is 0.804. The van der Waals surface area contributed by atoms with E-state index < -0.39 is 5.60 Å². The second kappa shape index (κ2) is 6.38. The third-order valence-electron chi connectivity index (χ3n) is 3.34. The van der Waals surface area contributed by atoms with Gasteiger partial charge in [0.1, 0.15) is 11.7 Å². The zero-order chi connectivity index (χ0) is 16.3. The smallest absolute Gasteiger partial charge is 0.338 e. The minimum absolute atomic E-state index is 0.0527. The molecule has 0 radical (unpaired) electrons. The molecule has 0 aromatic heterocycles. The van der Waals surface area contributed by atoms with Crippen molar-refractivity contribution in [3.63, 3.8) is 0 Å². The van der Waals surface area contributed by atoms with Gasteiger partial charge in [-0.05, 0) is 45.0 Å². The van der Waals surface area contributed by atoms with E-state index >= 15 is 0 Å². The predicted octanol–water partition coefficient (Wildman–Crippen LogP) is 2.78. The first-order valence-corrected chi connectivity index (χ1v) is 7.50. The normalized spacial score (nSPS) is 18.2. The lowest BCUT2D eigenvalue weighted by Gasteiger charge is -2.21. The molecule has 0 saturated carbocycles. The van der Waals surface area contributed by atoms with Crippen molar-refractivity contribution in [1.82, 2.24) is 0 Å². The van der Waals surface area contributed by atoms with Crippen LogP contribution in [-0.4, -0.2) is 36.7 Å². The van der Waals surface area contributed by atoms with Gasteiger partial charge in [-0.25, -0.2) is 4.79 Å². The van der Waals surface area contributed by atoms with Crippen molar-refractivity contribution in [1.29, 1.82) is 0 Å². The lowest BCUT2D eigenvalue weighted by Crippen LogP contribution is -2.25. The van der Waals surface area contributed by atoms with Crippen LogP contribution in [0.15, 0.2) is 24.3 Å². The molecule has 0 bridgehead atoms. The van der Waals surface area contributed by atoms with Crippen LogP contribution in [0.1, 0.15) is 44.5 Å². The molecule has 5 heteroatoms. The van der Waals surface area contributed by atoms with Crippen LogP contribution in [0, 0.1) is 0 Å². The number of rotatable bonds is 3. The van der Waals surface area contributed by atoms with Gasteiger partial charge in [-0.1, -0.05) is 0 Å².